The highest BCUT2D eigenvalue weighted by Gasteiger charge is 2.14. The van der Waals surface area contributed by atoms with E-state index >= 15 is 0 Å². The fourth-order valence-corrected chi connectivity index (χ4v) is 3.18. The van der Waals surface area contributed by atoms with Crippen molar-refractivity contribution < 1.29 is 19.1 Å². The van der Waals surface area contributed by atoms with E-state index in [2.05, 4.69) is 10.3 Å². The smallest absolute Gasteiger partial charge is 0.357 e. The van der Waals surface area contributed by atoms with E-state index in [-0.39, 0.29) is 18.2 Å². The Labute approximate surface area is 154 Å². The van der Waals surface area contributed by atoms with E-state index in [9.17, 15) is 9.59 Å². The molecule has 0 aliphatic carbocycles. The first kappa shape index (κ1) is 18.1. The summed E-state index contributed by atoms with van der Waals surface area (Å²) in [5, 5.41) is 5.69. The molecule has 0 saturated carbocycles. The number of nitrogens with one attached hydrogen (secondary N) is 1. The van der Waals surface area contributed by atoms with E-state index in [0.717, 1.165) is 10.9 Å². The van der Waals surface area contributed by atoms with Crippen molar-refractivity contribution in [2.24, 2.45) is 0 Å². The number of hydrogen-bond acceptors (Lipinski definition) is 6. The number of carbonyl (C=O) groups excluding carboxylic acids is 2. The maximum absolute atomic E-state index is 12.5. The quantitative estimate of drug-likeness (QED) is 0.643. The Balaban J connectivity index is 1.76. The molecule has 3 aromatic rings. The van der Waals surface area contributed by atoms with Crippen LogP contribution in [0.25, 0.3) is 10.9 Å². The number of benzene rings is 1. The summed E-state index contributed by atoms with van der Waals surface area (Å²) in [6.45, 7) is 3.31. The van der Waals surface area contributed by atoms with E-state index in [1.165, 1.54) is 11.3 Å². The summed E-state index contributed by atoms with van der Waals surface area (Å²) in [4.78, 5) is 28.3. The van der Waals surface area contributed by atoms with Crippen molar-refractivity contribution in [1.29, 1.82) is 0 Å². The lowest BCUT2D eigenvalue weighted by molar-refractivity contribution is 0.0520. The van der Waals surface area contributed by atoms with Gasteiger partial charge in [0.25, 0.3) is 5.91 Å². The largest absolute Gasteiger partial charge is 0.461 e. The van der Waals surface area contributed by atoms with Gasteiger partial charge in [0.2, 0.25) is 0 Å². The third-order valence-corrected chi connectivity index (χ3v) is 4.54. The molecule has 0 saturated heterocycles. The number of nitrogens with zero attached hydrogens (tertiary/aromatic N) is 2. The molecular formula is C18H19N3O4S. The molecule has 136 valence electrons. The average Bonchev–Trinajstić information content (AvgIpc) is 3.26. The zero-order chi connectivity index (χ0) is 18.5. The molecule has 3 rings (SSSR count). The molecule has 8 heteroatoms. The van der Waals surface area contributed by atoms with E-state index in [0.29, 0.717) is 23.8 Å². The summed E-state index contributed by atoms with van der Waals surface area (Å²) in [5.41, 5.74) is 1.67. The summed E-state index contributed by atoms with van der Waals surface area (Å²) in [7, 11) is 1.66. The second-order valence-electron chi connectivity index (χ2n) is 5.49. The van der Waals surface area contributed by atoms with Gasteiger partial charge in [0.05, 0.1) is 13.2 Å². The Kier molecular flexibility index (Phi) is 5.65. The highest BCUT2D eigenvalue weighted by atomic mass is 32.1. The van der Waals surface area contributed by atoms with E-state index in [1.54, 1.807) is 25.5 Å². The highest BCUT2D eigenvalue weighted by molar-refractivity contribution is 7.14. The average molecular weight is 373 g/mol. The summed E-state index contributed by atoms with van der Waals surface area (Å²) in [5.74, 6) is -0.780. The number of carbonyl (C=O) groups is 2. The zero-order valence-electron chi connectivity index (χ0n) is 14.5. The van der Waals surface area contributed by atoms with Crippen LogP contribution >= 0.6 is 11.3 Å². The van der Waals surface area contributed by atoms with Crippen molar-refractivity contribution >= 4 is 39.2 Å². The number of hydrogen-bond donors (Lipinski definition) is 1. The van der Waals surface area contributed by atoms with E-state index in [1.807, 2.05) is 29.0 Å². The molecule has 0 aliphatic heterocycles. The van der Waals surface area contributed by atoms with Gasteiger partial charge in [-0.1, -0.05) is 6.07 Å². The van der Waals surface area contributed by atoms with Crippen LogP contribution in [0, 0.1) is 0 Å². The van der Waals surface area contributed by atoms with Gasteiger partial charge >= 0.3 is 5.97 Å². The van der Waals surface area contributed by atoms with Crippen molar-refractivity contribution in [3.05, 3.63) is 47.1 Å². The second kappa shape index (κ2) is 8.11. The number of rotatable bonds is 7. The Hall–Kier alpha value is -2.71. The lowest BCUT2D eigenvalue weighted by Crippen LogP contribution is -2.12. The minimum atomic E-state index is -0.498. The molecule has 1 amide bonds. The van der Waals surface area contributed by atoms with Crippen LogP contribution in [0.1, 0.15) is 27.8 Å². The standard InChI is InChI=1S/C18H19N3O4S/c1-3-25-17(23)14-11-26-18(19-14)20-16(22)13-5-4-12-6-7-21(8-9-24-2)15(12)10-13/h4-7,10-11H,3,8-9H2,1-2H3,(H,19,20,22). The summed E-state index contributed by atoms with van der Waals surface area (Å²) in [6.07, 6.45) is 1.97. The molecule has 0 bridgehead atoms. The fraction of sp³-hybridized carbons (Fsp3) is 0.278. The molecule has 1 aromatic carbocycles. The van der Waals surface area contributed by atoms with Gasteiger partial charge in [-0.3, -0.25) is 10.1 Å². The minimum absolute atomic E-state index is 0.191. The fourth-order valence-electron chi connectivity index (χ4n) is 2.51. The van der Waals surface area contributed by atoms with Gasteiger partial charge in [0.1, 0.15) is 0 Å². The predicted octanol–water partition coefficient (Wildman–Crippen LogP) is 3.17. The van der Waals surface area contributed by atoms with Crippen LogP contribution in [0.15, 0.2) is 35.8 Å². The number of fused-ring (bicyclic) bond motifs is 1. The molecule has 0 unspecified atom stereocenters. The Morgan fingerprint density at radius 1 is 1.31 bits per heavy atom. The SMILES string of the molecule is CCOC(=O)c1csc(NC(=O)c2ccc3ccn(CCOC)c3c2)n1. The monoisotopic (exact) mass is 373 g/mol. The van der Waals surface area contributed by atoms with Crippen LogP contribution in [-0.4, -0.2) is 41.8 Å². The van der Waals surface area contributed by atoms with Gasteiger partial charge in [0, 0.05) is 36.3 Å². The zero-order valence-corrected chi connectivity index (χ0v) is 15.3. The molecule has 26 heavy (non-hydrogen) atoms. The molecule has 0 radical (unpaired) electrons. The van der Waals surface area contributed by atoms with Crippen LogP contribution in [0.4, 0.5) is 5.13 Å². The van der Waals surface area contributed by atoms with Crippen LogP contribution in [0.2, 0.25) is 0 Å². The van der Waals surface area contributed by atoms with E-state index in [4.69, 9.17) is 9.47 Å². The van der Waals surface area contributed by atoms with Gasteiger partial charge in [-0.15, -0.1) is 11.3 Å². The number of thiazole rings is 1. The lowest BCUT2D eigenvalue weighted by Gasteiger charge is -2.06. The number of esters is 1. The van der Waals surface area contributed by atoms with Crippen molar-refractivity contribution in [2.75, 3.05) is 25.6 Å². The summed E-state index contributed by atoms with van der Waals surface area (Å²) >= 11 is 1.18. The van der Waals surface area contributed by atoms with Crippen LogP contribution in [0.5, 0.6) is 0 Å². The molecule has 2 heterocycles. The lowest BCUT2D eigenvalue weighted by atomic mass is 10.1. The van der Waals surface area contributed by atoms with Crippen molar-refractivity contribution in [1.82, 2.24) is 9.55 Å². The van der Waals surface area contributed by atoms with Gasteiger partial charge < -0.3 is 14.0 Å². The van der Waals surface area contributed by atoms with Crippen LogP contribution in [0.3, 0.4) is 0 Å². The molecule has 2 aromatic heterocycles. The van der Waals surface area contributed by atoms with Gasteiger partial charge in [-0.2, -0.15) is 0 Å². The van der Waals surface area contributed by atoms with Gasteiger partial charge in [-0.25, -0.2) is 9.78 Å². The number of anilines is 1. The number of aromatic nitrogens is 2. The van der Waals surface area contributed by atoms with Gasteiger partial charge in [-0.05, 0) is 30.5 Å². The van der Waals surface area contributed by atoms with Crippen molar-refractivity contribution in [2.45, 2.75) is 13.5 Å². The second-order valence-corrected chi connectivity index (χ2v) is 6.35. The number of methoxy groups -OCH3 is 1. The third kappa shape index (κ3) is 3.92. The van der Waals surface area contributed by atoms with Crippen LogP contribution in [-0.2, 0) is 16.0 Å². The van der Waals surface area contributed by atoms with Crippen molar-refractivity contribution in [3.8, 4) is 0 Å². The molecule has 7 nitrogen and oxygen atoms in total. The maximum atomic E-state index is 12.5. The topological polar surface area (TPSA) is 82.5 Å². The molecule has 0 aliphatic rings. The Morgan fingerprint density at radius 3 is 2.92 bits per heavy atom. The highest BCUT2D eigenvalue weighted by Crippen LogP contribution is 2.20. The normalized spacial score (nSPS) is 10.8. The van der Waals surface area contributed by atoms with Gasteiger partial charge in [0.15, 0.2) is 10.8 Å². The summed E-state index contributed by atoms with van der Waals surface area (Å²) < 4.78 is 12.0. The Bertz CT molecular complexity index is 932. The van der Waals surface area contributed by atoms with Crippen LogP contribution < -0.4 is 5.32 Å². The predicted molar refractivity (Wildman–Crippen MR) is 99.8 cm³/mol. The number of ether oxygens (including phenoxy) is 2. The summed E-state index contributed by atoms with van der Waals surface area (Å²) in [6, 6.07) is 7.50. The number of amides is 1. The Morgan fingerprint density at radius 2 is 2.15 bits per heavy atom. The molecule has 1 N–H and O–H groups in total. The third-order valence-electron chi connectivity index (χ3n) is 3.78. The van der Waals surface area contributed by atoms with Crippen molar-refractivity contribution in [3.63, 3.8) is 0 Å². The maximum Gasteiger partial charge on any atom is 0.357 e. The first-order valence-corrected chi connectivity index (χ1v) is 9.02. The first-order chi connectivity index (χ1) is 12.6. The van der Waals surface area contributed by atoms with E-state index < -0.39 is 5.97 Å². The molecule has 0 fully saturated rings. The molecule has 0 spiro atoms. The molecule has 0 atom stereocenters. The minimum Gasteiger partial charge on any atom is -0.461 e. The first-order valence-electron chi connectivity index (χ1n) is 8.14. The molecular weight excluding hydrogens is 354 g/mol.